The Hall–Kier alpha value is -3.35. The van der Waals surface area contributed by atoms with E-state index >= 15 is 0 Å². The molecule has 192 valence electrons. The molecule has 0 aliphatic rings. The topological polar surface area (TPSA) is 71.1 Å². The Morgan fingerprint density at radius 2 is 1.62 bits per heavy atom. The highest BCUT2D eigenvalue weighted by Crippen LogP contribution is 2.23. The summed E-state index contributed by atoms with van der Waals surface area (Å²) in [7, 11) is 1.80. The van der Waals surface area contributed by atoms with Gasteiger partial charge in [-0.25, -0.2) is 0 Å². The minimum absolute atomic E-state index is 0.0125. The van der Waals surface area contributed by atoms with Gasteiger partial charge in [-0.1, -0.05) is 58.6 Å². The largest absolute Gasteiger partial charge is 0.345 e. The molecule has 37 heavy (non-hydrogen) atoms. The van der Waals surface area contributed by atoms with Gasteiger partial charge >= 0.3 is 0 Å². The van der Waals surface area contributed by atoms with E-state index in [4.69, 9.17) is 28.6 Å². The second-order valence-electron chi connectivity index (χ2n) is 9.44. The number of carbonyl (C=O) groups excluding carboxylic acids is 2. The maximum Gasteiger partial charge on any atom is 0.226 e. The van der Waals surface area contributed by atoms with Gasteiger partial charge in [0.15, 0.2) is 5.78 Å². The van der Waals surface area contributed by atoms with Gasteiger partial charge in [0.05, 0.1) is 29.0 Å². The minimum atomic E-state index is -0.120. The molecule has 0 aliphatic heterocycles. The van der Waals surface area contributed by atoms with Crippen LogP contribution < -0.4 is 5.62 Å². The Balaban J connectivity index is 1.49. The van der Waals surface area contributed by atoms with E-state index in [-0.39, 0.29) is 23.9 Å². The zero-order chi connectivity index (χ0) is 26.7. The Morgan fingerprint density at radius 3 is 2.30 bits per heavy atom. The third-order valence-electron chi connectivity index (χ3n) is 6.44. The SMILES string of the molecule is Cc1cc(C)cc(CC(=O)N(C)CCCn2c(=N)n(CC(=O)c3ccc(Cl)cc3)c3cccc(Cl)c32)c1. The molecule has 0 aliphatic carbocycles. The van der Waals surface area contributed by atoms with Gasteiger partial charge in [-0.3, -0.25) is 15.0 Å². The molecule has 1 heterocycles. The number of aryl methyl sites for hydroxylation is 3. The molecule has 0 saturated heterocycles. The molecule has 4 aromatic rings. The number of imidazole rings is 1. The second kappa shape index (κ2) is 11.4. The van der Waals surface area contributed by atoms with E-state index in [0.717, 1.165) is 22.2 Å². The third kappa shape index (κ3) is 6.14. The fourth-order valence-electron chi connectivity index (χ4n) is 4.67. The molecule has 0 saturated carbocycles. The summed E-state index contributed by atoms with van der Waals surface area (Å²) in [5.74, 6) is -0.0685. The Morgan fingerprint density at radius 1 is 0.946 bits per heavy atom. The van der Waals surface area contributed by atoms with Gasteiger partial charge in [0.1, 0.15) is 0 Å². The van der Waals surface area contributed by atoms with Crippen molar-refractivity contribution in [2.45, 2.75) is 39.8 Å². The predicted octanol–water partition coefficient (Wildman–Crippen LogP) is 5.82. The molecule has 0 radical (unpaired) electrons. The van der Waals surface area contributed by atoms with Crippen LogP contribution in [0.4, 0.5) is 0 Å². The van der Waals surface area contributed by atoms with Crippen molar-refractivity contribution in [3.8, 4) is 0 Å². The number of hydrogen-bond donors (Lipinski definition) is 1. The normalized spacial score (nSPS) is 11.2. The van der Waals surface area contributed by atoms with Crippen molar-refractivity contribution in [1.82, 2.24) is 14.0 Å². The molecule has 0 atom stereocenters. The van der Waals surface area contributed by atoms with Gasteiger partial charge in [0.2, 0.25) is 11.5 Å². The van der Waals surface area contributed by atoms with Crippen molar-refractivity contribution in [1.29, 1.82) is 5.41 Å². The summed E-state index contributed by atoms with van der Waals surface area (Å²) in [4.78, 5) is 27.5. The molecule has 1 aromatic heterocycles. The standard InChI is InChI=1S/C29H30Cl2N4O2/c1-19-14-20(2)16-21(15-19)17-27(37)33(3)12-5-13-34-28-24(31)6-4-7-25(28)35(29(34)32)18-26(36)22-8-10-23(30)11-9-22/h4,6-11,14-16,32H,5,12-13,17-18H2,1-3H3. The number of aromatic nitrogens is 2. The van der Waals surface area contributed by atoms with Gasteiger partial charge in [0, 0.05) is 30.7 Å². The zero-order valence-corrected chi connectivity index (χ0v) is 22.7. The fraction of sp³-hybridized carbons (Fsp3) is 0.276. The van der Waals surface area contributed by atoms with E-state index in [1.807, 2.05) is 42.7 Å². The molecule has 0 unspecified atom stereocenters. The summed E-state index contributed by atoms with van der Waals surface area (Å²) in [6, 6.07) is 18.4. The lowest BCUT2D eigenvalue weighted by molar-refractivity contribution is -0.129. The van der Waals surface area contributed by atoms with Crippen LogP contribution in [0.3, 0.4) is 0 Å². The van der Waals surface area contributed by atoms with Gasteiger partial charge in [-0.2, -0.15) is 0 Å². The first-order chi connectivity index (χ1) is 17.6. The molecule has 0 spiro atoms. The molecular weight excluding hydrogens is 507 g/mol. The van der Waals surface area contributed by atoms with Crippen molar-refractivity contribution in [2.24, 2.45) is 0 Å². The number of benzene rings is 3. The van der Waals surface area contributed by atoms with Gasteiger partial charge in [0.25, 0.3) is 0 Å². The number of ketones is 1. The Labute approximate surface area is 226 Å². The van der Waals surface area contributed by atoms with Gasteiger partial charge in [-0.05, 0) is 62.2 Å². The van der Waals surface area contributed by atoms with Crippen LogP contribution in [0.25, 0.3) is 11.0 Å². The number of Topliss-reactive ketones (excluding diaryl/α,β-unsaturated/α-hetero) is 1. The van der Waals surface area contributed by atoms with Crippen molar-refractivity contribution >= 4 is 45.9 Å². The molecular formula is C29H30Cl2N4O2. The fourth-order valence-corrected chi connectivity index (χ4v) is 5.07. The summed E-state index contributed by atoms with van der Waals surface area (Å²) in [5, 5.41) is 9.91. The van der Waals surface area contributed by atoms with Crippen LogP contribution >= 0.6 is 23.2 Å². The van der Waals surface area contributed by atoms with Crippen LogP contribution in [-0.4, -0.2) is 39.3 Å². The van der Waals surface area contributed by atoms with Gasteiger partial charge < -0.3 is 14.0 Å². The average Bonchev–Trinajstić information content (AvgIpc) is 3.10. The number of halogens is 2. The first kappa shape index (κ1) is 26.7. The van der Waals surface area contributed by atoms with Crippen LogP contribution in [0.5, 0.6) is 0 Å². The lowest BCUT2D eigenvalue weighted by Crippen LogP contribution is -2.31. The number of nitrogens with one attached hydrogen (secondary N) is 1. The van der Waals surface area contributed by atoms with Crippen LogP contribution in [0, 0.1) is 19.3 Å². The quantitative estimate of drug-likeness (QED) is 0.274. The van der Waals surface area contributed by atoms with Gasteiger partial charge in [-0.15, -0.1) is 0 Å². The van der Waals surface area contributed by atoms with Crippen molar-refractivity contribution < 1.29 is 9.59 Å². The predicted molar refractivity (Wildman–Crippen MR) is 148 cm³/mol. The van der Waals surface area contributed by atoms with E-state index in [1.165, 1.54) is 0 Å². The lowest BCUT2D eigenvalue weighted by Gasteiger charge is -2.18. The molecule has 0 bridgehead atoms. The highest BCUT2D eigenvalue weighted by molar-refractivity contribution is 6.35. The zero-order valence-electron chi connectivity index (χ0n) is 21.2. The lowest BCUT2D eigenvalue weighted by atomic mass is 10.0. The molecule has 6 nitrogen and oxygen atoms in total. The summed E-state index contributed by atoms with van der Waals surface area (Å²) in [5.41, 5.74) is 5.46. The number of carbonyl (C=O) groups is 2. The van der Waals surface area contributed by atoms with Crippen LogP contribution in [0.2, 0.25) is 10.0 Å². The van der Waals surface area contributed by atoms with Crippen LogP contribution in [-0.2, 0) is 24.3 Å². The van der Waals surface area contributed by atoms with Crippen molar-refractivity contribution in [2.75, 3.05) is 13.6 Å². The molecule has 4 rings (SSSR count). The van der Waals surface area contributed by atoms with Crippen molar-refractivity contribution in [3.63, 3.8) is 0 Å². The smallest absolute Gasteiger partial charge is 0.226 e. The number of fused-ring (bicyclic) bond motifs is 1. The molecule has 1 N–H and O–H groups in total. The molecule has 0 fully saturated rings. The second-order valence-corrected chi connectivity index (χ2v) is 10.3. The Bertz CT molecular complexity index is 1500. The summed E-state index contributed by atoms with van der Waals surface area (Å²) < 4.78 is 3.49. The summed E-state index contributed by atoms with van der Waals surface area (Å²) in [6.45, 7) is 5.10. The highest BCUT2D eigenvalue weighted by Gasteiger charge is 2.17. The Kier molecular flexibility index (Phi) is 8.20. The molecule has 1 amide bonds. The van der Waals surface area contributed by atoms with E-state index in [9.17, 15) is 9.59 Å². The summed E-state index contributed by atoms with van der Waals surface area (Å²) in [6.07, 6.45) is 0.995. The third-order valence-corrected chi connectivity index (χ3v) is 7.00. The minimum Gasteiger partial charge on any atom is -0.345 e. The monoisotopic (exact) mass is 536 g/mol. The number of para-hydroxylation sites is 1. The van der Waals surface area contributed by atoms with E-state index in [0.29, 0.717) is 47.1 Å². The first-order valence-electron chi connectivity index (χ1n) is 12.2. The number of hydrogen-bond acceptors (Lipinski definition) is 3. The number of likely N-dealkylation sites (N-methyl/N-ethyl adjacent to an activating group) is 1. The van der Waals surface area contributed by atoms with E-state index in [1.54, 1.807) is 46.8 Å². The number of rotatable bonds is 9. The summed E-state index contributed by atoms with van der Waals surface area (Å²) >= 11 is 12.5. The maximum atomic E-state index is 13.0. The number of amides is 1. The van der Waals surface area contributed by atoms with Crippen LogP contribution in [0.1, 0.15) is 33.5 Å². The van der Waals surface area contributed by atoms with E-state index < -0.39 is 0 Å². The van der Waals surface area contributed by atoms with Crippen LogP contribution in [0.15, 0.2) is 60.7 Å². The average molecular weight is 537 g/mol. The maximum absolute atomic E-state index is 13.0. The van der Waals surface area contributed by atoms with E-state index in [2.05, 4.69) is 6.07 Å². The molecule has 8 heteroatoms. The highest BCUT2D eigenvalue weighted by atomic mass is 35.5. The number of nitrogens with zero attached hydrogens (tertiary/aromatic N) is 3. The first-order valence-corrected chi connectivity index (χ1v) is 12.9. The van der Waals surface area contributed by atoms with Crippen molar-refractivity contribution in [3.05, 3.63) is 98.6 Å². The molecule has 3 aromatic carbocycles.